The fourth-order valence-corrected chi connectivity index (χ4v) is 2.61. The van der Waals surface area contributed by atoms with E-state index in [9.17, 15) is 9.90 Å². The minimum atomic E-state index is -1.02. The van der Waals surface area contributed by atoms with Crippen LogP contribution in [-0.2, 0) is 10.3 Å². The Morgan fingerprint density at radius 1 is 1.28 bits per heavy atom. The van der Waals surface area contributed by atoms with Crippen LogP contribution in [-0.4, -0.2) is 17.6 Å². The Morgan fingerprint density at radius 3 is 2.17 bits per heavy atom. The van der Waals surface area contributed by atoms with Crippen LogP contribution in [0.25, 0.3) is 0 Å². The molecule has 0 bridgehead atoms. The van der Waals surface area contributed by atoms with Gasteiger partial charge in [-0.25, -0.2) is 4.79 Å². The first-order chi connectivity index (χ1) is 8.32. The monoisotopic (exact) mass is 249 g/mol. The fraction of sp³-hybridized carbons (Fsp3) is 0.533. The minimum absolute atomic E-state index is 0.690. The molecule has 0 aliphatic heterocycles. The molecule has 2 N–H and O–H groups in total. The average molecular weight is 249 g/mol. The normalized spacial score (nSPS) is 14.3. The summed E-state index contributed by atoms with van der Waals surface area (Å²) in [4.78, 5) is 11.7. The first-order valence-corrected chi connectivity index (χ1v) is 6.39. The number of carboxylic acids is 1. The summed E-state index contributed by atoms with van der Waals surface area (Å²) in [5.74, 6) is -0.828. The summed E-state index contributed by atoms with van der Waals surface area (Å²) in [5.41, 5.74) is 3.09. The van der Waals surface area contributed by atoms with Crippen molar-refractivity contribution >= 4 is 5.97 Å². The van der Waals surface area contributed by atoms with Crippen LogP contribution in [0.3, 0.4) is 0 Å². The number of rotatable bonds is 5. The summed E-state index contributed by atoms with van der Waals surface area (Å²) in [6, 6.07) is 4.08. The van der Waals surface area contributed by atoms with Crippen LogP contribution in [0.15, 0.2) is 12.1 Å². The second-order valence-corrected chi connectivity index (χ2v) is 5.13. The highest BCUT2D eigenvalue weighted by Gasteiger charge is 2.36. The molecule has 100 valence electrons. The van der Waals surface area contributed by atoms with Crippen LogP contribution < -0.4 is 5.32 Å². The van der Waals surface area contributed by atoms with Crippen molar-refractivity contribution in [3.63, 3.8) is 0 Å². The number of aliphatic carboxylic acids is 1. The summed E-state index contributed by atoms with van der Waals surface area (Å²) >= 11 is 0. The number of hydrogen-bond acceptors (Lipinski definition) is 2. The molecule has 0 heterocycles. The second kappa shape index (κ2) is 5.53. The van der Waals surface area contributed by atoms with Crippen molar-refractivity contribution in [3.8, 4) is 0 Å². The molecule has 3 nitrogen and oxygen atoms in total. The molecule has 0 saturated heterocycles. The number of hydrogen-bond donors (Lipinski definition) is 2. The standard InChI is InChI=1S/C15H23NO2/c1-6-7-16-15(5,14(17)18)13-11(3)8-10(2)9-12(13)4/h8-9,16H,6-7H2,1-5H3,(H,17,18). The second-order valence-electron chi connectivity index (χ2n) is 5.13. The maximum absolute atomic E-state index is 11.7. The summed E-state index contributed by atoms with van der Waals surface area (Å²) in [6.07, 6.45) is 0.910. The van der Waals surface area contributed by atoms with Gasteiger partial charge in [0.25, 0.3) is 0 Å². The smallest absolute Gasteiger partial charge is 0.328 e. The van der Waals surface area contributed by atoms with Crippen LogP contribution >= 0.6 is 0 Å². The van der Waals surface area contributed by atoms with Crippen LogP contribution in [0.4, 0.5) is 0 Å². The fourth-order valence-electron chi connectivity index (χ4n) is 2.61. The van der Waals surface area contributed by atoms with E-state index in [4.69, 9.17) is 0 Å². The number of carbonyl (C=O) groups is 1. The maximum Gasteiger partial charge on any atom is 0.328 e. The largest absolute Gasteiger partial charge is 0.480 e. The van der Waals surface area contributed by atoms with Crippen LogP contribution in [0.1, 0.15) is 42.5 Å². The van der Waals surface area contributed by atoms with Gasteiger partial charge in [-0.05, 0) is 57.4 Å². The van der Waals surface area contributed by atoms with E-state index in [0.717, 1.165) is 28.7 Å². The Labute approximate surface area is 109 Å². The summed E-state index contributed by atoms with van der Waals surface area (Å²) in [5, 5.41) is 12.7. The lowest BCUT2D eigenvalue weighted by Crippen LogP contribution is -2.48. The van der Waals surface area contributed by atoms with E-state index < -0.39 is 11.5 Å². The van der Waals surface area contributed by atoms with E-state index in [1.807, 2.05) is 39.8 Å². The van der Waals surface area contributed by atoms with Gasteiger partial charge in [-0.1, -0.05) is 24.6 Å². The lowest BCUT2D eigenvalue weighted by molar-refractivity contribution is -0.144. The molecule has 1 aromatic rings. The quantitative estimate of drug-likeness (QED) is 0.843. The number of benzene rings is 1. The minimum Gasteiger partial charge on any atom is -0.480 e. The molecular formula is C15H23NO2. The van der Waals surface area contributed by atoms with Crippen molar-refractivity contribution in [2.24, 2.45) is 0 Å². The van der Waals surface area contributed by atoms with Gasteiger partial charge in [0.2, 0.25) is 0 Å². The third-order valence-corrected chi connectivity index (χ3v) is 3.33. The third-order valence-electron chi connectivity index (χ3n) is 3.33. The Bertz CT molecular complexity index is 431. The molecule has 1 rings (SSSR count). The van der Waals surface area contributed by atoms with Gasteiger partial charge < -0.3 is 5.11 Å². The van der Waals surface area contributed by atoms with Crippen molar-refractivity contribution in [2.45, 2.75) is 46.6 Å². The van der Waals surface area contributed by atoms with E-state index in [0.29, 0.717) is 6.54 Å². The van der Waals surface area contributed by atoms with E-state index in [2.05, 4.69) is 5.32 Å². The number of carboxylic acid groups (broad SMARTS) is 1. The zero-order valence-corrected chi connectivity index (χ0v) is 11.9. The predicted molar refractivity (Wildman–Crippen MR) is 73.9 cm³/mol. The highest BCUT2D eigenvalue weighted by atomic mass is 16.4. The topological polar surface area (TPSA) is 49.3 Å². The van der Waals surface area contributed by atoms with Crippen molar-refractivity contribution in [1.29, 1.82) is 0 Å². The lowest BCUT2D eigenvalue weighted by Gasteiger charge is -2.30. The average Bonchev–Trinajstić information content (AvgIpc) is 2.24. The van der Waals surface area contributed by atoms with E-state index in [-0.39, 0.29) is 0 Å². The van der Waals surface area contributed by atoms with Gasteiger partial charge in [0.15, 0.2) is 0 Å². The molecule has 1 atom stereocenters. The van der Waals surface area contributed by atoms with Gasteiger partial charge in [-0.2, -0.15) is 0 Å². The highest BCUT2D eigenvalue weighted by molar-refractivity contribution is 5.81. The Hall–Kier alpha value is -1.35. The third kappa shape index (κ3) is 2.72. The van der Waals surface area contributed by atoms with Crippen molar-refractivity contribution < 1.29 is 9.90 Å². The van der Waals surface area contributed by atoms with Gasteiger partial charge in [0.05, 0.1) is 0 Å². The molecule has 0 radical (unpaired) electrons. The maximum atomic E-state index is 11.7. The van der Waals surface area contributed by atoms with Crippen LogP contribution in [0, 0.1) is 20.8 Å². The molecule has 0 spiro atoms. The van der Waals surface area contributed by atoms with Gasteiger partial charge in [0.1, 0.15) is 5.54 Å². The van der Waals surface area contributed by atoms with E-state index in [1.165, 1.54) is 0 Å². The van der Waals surface area contributed by atoms with Gasteiger partial charge >= 0.3 is 5.97 Å². The SMILES string of the molecule is CCCNC(C)(C(=O)O)c1c(C)cc(C)cc1C. The van der Waals surface area contributed by atoms with Gasteiger partial charge in [-0.3, -0.25) is 5.32 Å². The van der Waals surface area contributed by atoms with E-state index >= 15 is 0 Å². The summed E-state index contributed by atoms with van der Waals surface area (Å²) in [7, 11) is 0. The van der Waals surface area contributed by atoms with Gasteiger partial charge in [-0.15, -0.1) is 0 Å². The Balaban J connectivity index is 3.34. The van der Waals surface area contributed by atoms with E-state index in [1.54, 1.807) is 6.92 Å². The molecular weight excluding hydrogens is 226 g/mol. The van der Waals surface area contributed by atoms with Crippen molar-refractivity contribution in [1.82, 2.24) is 5.32 Å². The first kappa shape index (κ1) is 14.7. The van der Waals surface area contributed by atoms with Crippen molar-refractivity contribution in [2.75, 3.05) is 6.54 Å². The first-order valence-electron chi connectivity index (χ1n) is 6.39. The molecule has 0 amide bonds. The number of nitrogens with one attached hydrogen (secondary N) is 1. The molecule has 0 saturated carbocycles. The number of aryl methyl sites for hydroxylation is 3. The predicted octanol–water partition coefficient (Wildman–Crippen LogP) is 2.91. The molecule has 1 unspecified atom stereocenters. The van der Waals surface area contributed by atoms with Crippen LogP contribution in [0.5, 0.6) is 0 Å². The highest BCUT2D eigenvalue weighted by Crippen LogP contribution is 2.29. The zero-order chi connectivity index (χ0) is 13.9. The molecule has 0 aromatic heterocycles. The van der Waals surface area contributed by atoms with Crippen LogP contribution in [0.2, 0.25) is 0 Å². The molecule has 18 heavy (non-hydrogen) atoms. The molecule has 0 aliphatic carbocycles. The Kier molecular flexibility index (Phi) is 4.52. The Morgan fingerprint density at radius 2 is 1.78 bits per heavy atom. The van der Waals surface area contributed by atoms with Gasteiger partial charge in [0, 0.05) is 0 Å². The molecule has 3 heteroatoms. The summed E-state index contributed by atoms with van der Waals surface area (Å²) < 4.78 is 0. The lowest BCUT2D eigenvalue weighted by atomic mass is 9.84. The molecule has 0 fully saturated rings. The molecule has 1 aromatic carbocycles. The zero-order valence-electron chi connectivity index (χ0n) is 11.9. The molecule has 0 aliphatic rings. The summed E-state index contributed by atoms with van der Waals surface area (Å²) in [6.45, 7) is 10.4. The van der Waals surface area contributed by atoms with Crippen molar-refractivity contribution in [3.05, 3.63) is 34.4 Å².